The smallest absolute Gasteiger partial charge is 0.161 e. The van der Waals surface area contributed by atoms with Gasteiger partial charge in [-0.15, -0.1) is 0 Å². The molecule has 0 unspecified atom stereocenters. The molecular weight excluding hydrogens is 588 g/mol. The van der Waals surface area contributed by atoms with Crippen LogP contribution in [0, 0.1) is 0 Å². The van der Waals surface area contributed by atoms with E-state index in [-0.39, 0.29) is 0 Å². The summed E-state index contributed by atoms with van der Waals surface area (Å²) in [6.45, 7) is 18.7. The molecule has 0 aliphatic heterocycles. The summed E-state index contributed by atoms with van der Waals surface area (Å²) in [6.07, 6.45) is 15.2. The van der Waals surface area contributed by atoms with Gasteiger partial charge in [0.05, 0.1) is 13.2 Å². The van der Waals surface area contributed by atoms with Crippen molar-refractivity contribution < 1.29 is 23.7 Å². The second kappa shape index (κ2) is 28.5. The zero-order chi connectivity index (χ0) is 33.6. The Morgan fingerprint density at radius 1 is 0.362 bits per heavy atom. The van der Waals surface area contributed by atoms with Gasteiger partial charge in [0.25, 0.3) is 0 Å². The monoisotopic (exact) mass is 657 g/mol. The second-order valence-electron chi connectivity index (χ2n) is 12.4. The third-order valence-corrected chi connectivity index (χ3v) is 8.31. The van der Waals surface area contributed by atoms with Crippen molar-refractivity contribution in [3.63, 3.8) is 0 Å². The molecule has 2 rings (SSSR count). The first-order valence-corrected chi connectivity index (χ1v) is 18.9. The highest BCUT2D eigenvalue weighted by atomic mass is 16.6. The Hall–Kier alpha value is -2.48. The zero-order valence-electron chi connectivity index (χ0n) is 30.5. The first-order chi connectivity index (χ1) is 23.2. The van der Waals surface area contributed by atoms with Crippen LogP contribution in [0.4, 0.5) is 0 Å². The highest BCUT2D eigenvalue weighted by Gasteiger charge is 2.10. The quantitative estimate of drug-likeness (QED) is 0.0728. The van der Waals surface area contributed by atoms with Gasteiger partial charge in [-0.05, 0) is 76.1 Å². The van der Waals surface area contributed by atoms with Gasteiger partial charge in [0.2, 0.25) is 0 Å². The standard InChI is InChI=1S/C40H68N2O5/c1-5-9-17-25-41(26-18-10-6-2)29-31-44-37-21-13-15-23-39(37)46-35-33-43-34-36-47-40-24-16-14-22-38(40)45-32-30-42(27-19-11-7-3)28-20-12-8-4/h13-16,21-24H,5-12,17-20,25-36H2,1-4H3. The molecule has 0 aliphatic carbocycles. The van der Waals surface area contributed by atoms with Crippen LogP contribution in [0.1, 0.15) is 105 Å². The molecule has 268 valence electrons. The van der Waals surface area contributed by atoms with Gasteiger partial charge in [-0.3, -0.25) is 9.80 Å². The highest BCUT2D eigenvalue weighted by Crippen LogP contribution is 2.27. The molecule has 0 saturated carbocycles. The summed E-state index contributed by atoms with van der Waals surface area (Å²) >= 11 is 0. The predicted molar refractivity (Wildman–Crippen MR) is 197 cm³/mol. The van der Waals surface area contributed by atoms with Gasteiger partial charge in [-0.2, -0.15) is 0 Å². The summed E-state index contributed by atoms with van der Waals surface area (Å²) in [5.41, 5.74) is 0. The third-order valence-electron chi connectivity index (χ3n) is 8.31. The molecule has 0 spiro atoms. The average molecular weight is 657 g/mol. The summed E-state index contributed by atoms with van der Waals surface area (Å²) in [5, 5.41) is 0. The minimum Gasteiger partial charge on any atom is -0.488 e. The molecule has 2 aromatic carbocycles. The molecule has 0 radical (unpaired) electrons. The van der Waals surface area contributed by atoms with Crippen LogP contribution in [0.15, 0.2) is 48.5 Å². The van der Waals surface area contributed by atoms with E-state index in [0.29, 0.717) is 39.6 Å². The largest absolute Gasteiger partial charge is 0.488 e. The van der Waals surface area contributed by atoms with Gasteiger partial charge in [0.1, 0.15) is 26.4 Å². The lowest BCUT2D eigenvalue weighted by Gasteiger charge is -2.22. The Morgan fingerprint density at radius 3 is 0.957 bits per heavy atom. The van der Waals surface area contributed by atoms with Crippen LogP contribution in [-0.2, 0) is 4.74 Å². The summed E-state index contributed by atoms with van der Waals surface area (Å²) in [7, 11) is 0. The van der Waals surface area contributed by atoms with Crippen molar-refractivity contribution in [3.05, 3.63) is 48.5 Å². The number of hydrogen-bond donors (Lipinski definition) is 0. The predicted octanol–water partition coefficient (Wildman–Crippen LogP) is 9.28. The van der Waals surface area contributed by atoms with Crippen LogP contribution in [0.25, 0.3) is 0 Å². The highest BCUT2D eigenvalue weighted by molar-refractivity contribution is 5.40. The van der Waals surface area contributed by atoms with E-state index in [1.165, 1.54) is 77.0 Å². The summed E-state index contributed by atoms with van der Waals surface area (Å²) in [5.74, 6) is 3.10. The fourth-order valence-corrected chi connectivity index (χ4v) is 5.48. The lowest BCUT2D eigenvalue weighted by atomic mass is 10.2. The number of rotatable bonds is 32. The van der Waals surface area contributed by atoms with Gasteiger partial charge in [-0.25, -0.2) is 0 Å². The van der Waals surface area contributed by atoms with Crippen LogP contribution in [-0.4, -0.2) is 88.7 Å². The van der Waals surface area contributed by atoms with Crippen molar-refractivity contribution in [2.45, 2.75) is 105 Å². The van der Waals surface area contributed by atoms with Crippen LogP contribution in [0.5, 0.6) is 23.0 Å². The molecule has 7 nitrogen and oxygen atoms in total. The number of para-hydroxylation sites is 4. The molecule has 0 aliphatic rings. The lowest BCUT2D eigenvalue weighted by molar-refractivity contribution is 0.0743. The van der Waals surface area contributed by atoms with E-state index in [4.69, 9.17) is 23.7 Å². The second-order valence-corrected chi connectivity index (χ2v) is 12.4. The summed E-state index contributed by atoms with van der Waals surface area (Å²) < 4.78 is 30.2. The van der Waals surface area contributed by atoms with E-state index < -0.39 is 0 Å². The van der Waals surface area contributed by atoms with E-state index in [9.17, 15) is 0 Å². The fraction of sp³-hybridized carbons (Fsp3) is 0.700. The average Bonchev–Trinajstić information content (AvgIpc) is 3.09. The van der Waals surface area contributed by atoms with Crippen molar-refractivity contribution in [3.8, 4) is 23.0 Å². The van der Waals surface area contributed by atoms with E-state index in [0.717, 1.165) is 62.3 Å². The van der Waals surface area contributed by atoms with Crippen molar-refractivity contribution in [1.29, 1.82) is 0 Å². The Labute approximate surface area is 288 Å². The van der Waals surface area contributed by atoms with Gasteiger partial charge in [-0.1, -0.05) is 103 Å². The Morgan fingerprint density at radius 2 is 0.660 bits per heavy atom. The van der Waals surface area contributed by atoms with Gasteiger partial charge in [0.15, 0.2) is 23.0 Å². The molecule has 2 aromatic rings. The molecule has 0 atom stereocenters. The van der Waals surface area contributed by atoms with Crippen molar-refractivity contribution in [2.24, 2.45) is 0 Å². The number of nitrogens with zero attached hydrogens (tertiary/aromatic N) is 2. The maximum absolute atomic E-state index is 6.18. The molecule has 0 heterocycles. The Bertz CT molecular complexity index is 893. The molecule has 0 N–H and O–H groups in total. The third kappa shape index (κ3) is 19.8. The molecule has 0 fully saturated rings. The number of ether oxygens (including phenoxy) is 5. The molecule has 0 amide bonds. The first kappa shape index (κ1) is 40.7. The number of hydrogen-bond acceptors (Lipinski definition) is 7. The summed E-state index contributed by atoms with van der Waals surface area (Å²) in [6, 6.07) is 15.8. The number of unbranched alkanes of at least 4 members (excludes halogenated alkanes) is 8. The van der Waals surface area contributed by atoms with E-state index >= 15 is 0 Å². The van der Waals surface area contributed by atoms with Gasteiger partial charge in [0, 0.05) is 13.1 Å². The minimum atomic E-state index is 0.452. The maximum atomic E-state index is 6.18. The molecule has 47 heavy (non-hydrogen) atoms. The van der Waals surface area contributed by atoms with E-state index in [1.54, 1.807) is 0 Å². The molecule has 7 heteroatoms. The molecule has 0 saturated heterocycles. The van der Waals surface area contributed by atoms with Crippen molar-refractivity contribution in [2.75, 3.05) is 78.9 Å². The zero-order valence-corrected chi connectivity index (χ0v) is 30.5. The molecule has 0 aromatic heterocycles. The Balaban J connectivity index is 1.68. The van der Waals surface area contributed by atoms with Crippen LogP contribution in [0.2, 0.25) is 0 Å². The minimum absolute atomic E-state index is 0.452. The summed E-state index contributed by atoms with van der Waals surface area (Å²) in [4.78, 5) is 5.10. The van der Waals surface area contributed by atoms with Gasteiger partial charge < -0.3 is 23.7 Å². The molecule has 0 bridgehead atoms. The van der Waals surface area contributed by atoms with E-state index in [2.05, 4.69) is 37.5 Å². The van der Waals surface area contributed by atoms with Crippen LogP contribution >= 0.6 is 0 Å². The first-order valence-electron chi connectivity index (χ1n) is 18.9. The normalized spacial score (nSPS) is 11.4. The Kier molecular flexibility index (Phi) is 24.7. The SMILES string of the molecule is CCCCCN(CCCCC)CCOc1ccccc1OCCOCCOc1ccccc1OCCN(CCCCC)CCCCC. The fourth-order valence-electron chi connectivity index (χ4n) is 5.48. The van der Waals surface area contributed by atoms with Crippen molar-refractivity contribution >= 4 is 0 Å². The van der Waals surface area contributed by atoms with Crippen LogP contribution < -0.4 is 18.9 Å². The van der Waals surface area contributed by atoms with Crippen molar-refractivity contribution in [1.82, 2.24) is 9.80 Å². The number of benzene rings is 2. The topological polar surface area (TPSA) is 52.6 Å². The molecular formula is C40H68N2O5. The van der Waals surface area contributed by atoms with Gasteiger partial charge >= 0.3 is 0 Å². The lowest BCUT2D eigenvalue weighted by Crippen LogP contribution is -2.30. The van der Waals surface area contributed by atoms with E-state index in [1.807, 2.05) is 48.5 Å². The maximum Gasteiger partial charge on any atom is 0.161 e. The van der Waals surface area contributed by atoms with Crippen LogP contribution in [0.3, 0.4) is 0 Å².